The summed E-state index contributed by atoms with van der Waals surface area (Å²) in [6.45, 7) is 0. The SMILES string of the molecule is O=S(=O)([O-])N=Nc1ccc(S(=O)(=O)[O-])c2cccc(S(=O)(=O)[O-])c12.[Na+].[Na+].[Na+]. The van der Waals surface area contributed by atoms with Crippen molar-refractivity contribution in [1.82, 2.24) is 0 Å². The molecule has 2 rings (SSSR count). The summed E-state index contributed by atoms with van der Waals surface area (Å²) in [6.07, 6.45) is 0. The van der Waals surface area contributed by atoms with Gasteiger partial charge in [0.25, 0.3) is 0 Å². The third-order valence-electron chi connectivity index (χ3n) is 2.73. The Labute approximate surface area is 221 Å². The average molecular weight is 462 g/mol. The van der Waals surface area contributed by atoms with Gasteiger partial charge in [-0.2, -0.15) is 0 Å². The van der Waals surface area contributed by atoms with E-state index in [0.29, 0.717) is 0 Å². The normalized spacial score (nSPS) is 12.1. The van der Waals surface area contributed by atoms with Gasteiger partial charge < -0.3 is 13.7 Å². The molecule has 2 aromatic carbocycles. The number of hydrogen-bond acceptors (Lipinski definition) is 10. The van der Waals surface area contributed by atoms with Crippen LogP contribution >= 0.6 is 0 Å². The molecule has 0 aliphatic heterocycles. The zero-order valence-electron chi connectivity index (χ0n) is 14.2. The van der Waals surface area contributed by atoms with E-state index in [4.69, 9.17) is 0 Å². The van der Waals surface area contributed by atoms with E-state index < -0.39 is 56.8 Å². The number of benzene rings is 2. The van der Waals surface area contributed by atoms with Crippen LogP contribution in [0.4, 0.5) is 5.69 Å². The Kier molecular flexibility index (Phi) is 12.2. The predicted molar refractivity (Wildman–Crippen MR) is 74.1 cm³/mol. The average Bonchev–Trinajstić information content (AvgIpc) is 2.40. The molecule has 0 atom stereocenters. The molecule has 0 radical (unpaired) electrons. The molecule has 17 heteroatoms. The van der Waals surface area contributed by atoms with Crippen LogP contribution in [-0.4, -0.2) is 38.9 Å². The van der Waals surface area contributed by atoms with Gasteiger partial charge in [0.1, 0.15) is 20.2 Å². The molecule has 0 unspecified atom stereocenters. The summed E-state index contributed by atoms with van der Waals surface area (Å²) in [4.78, 5) is -1.81. The van der Waals surface area contributed by atoms with Gasteiger partial charge >= 0.3 is 88.7 Å². The van der Waals surface area contributed by atoms with Gasteiger partial charge in [0.2, 0.25) is 10.3 Å². The summed E-state index contributed by atoms with van der Waals surface area (Å²) >= 11 is 0. The summed E-state index contributed by atoms with van der Waals surface area (Å²) < 4.78 is 102. The Morgan fingerprint density at radius 1 is 0.704 bits per heavy atom. The van der Waals surface area contributed by atoms with Crippen LogP contribution in [0, 0.1) is 0 Å². The molecule has 0 aliphatic rings. The standard InChI is InChI=1S/C10H8N2O9S3.3Na/c13-22(14,15)8-5-4-7(11-12-24(19,20)21)10-6(8)2-1-3-9(10)23(16,17)18;;;/h1-5H,(H,13,14,15)(H,16,17,18)(H,19,20,21);;;/q;3*+1/p-3. The van der Waals surface area contributed by atoms with E-state index in [9.17, 15) is 38.9 Å². The van der Waals surface area contributed by atoms with E-state index in [1.54, 1.807) is 0 Å². The molecular formula is C10H5N2Na3O9S3. The van der Waals surface area contributed by atoms with Crippen LogP contribution in [-0.2, 0) is 30.5 Å². The quantitative estimate of drug-likeness (QED) is 0.241. The second kappa shape index (κ2) is 10.9. The smallest absolute Gasteiger partial charge is 0.744 e. The van der Waals surface area contributed by atoms with Crippen LogP contribution in [0.5, 0.6) is 0 Å². The van der Waals surface area contributed by atoms with E-state index in [-0.39, 0.29) is 88.7 Å². The first-order chi connectivity index (χ1) is 10.8. The van der Waals surface area contributed by atoms with E-state index in [1.807, 2.05) is 0 Å². The first-order valence-corrected chi connectivity index (χ1v) is 9.85. The minimum Gasteiger partial charge on any atom is -0.744 e. The first kappa shape index (κ1) is 30.2. The van der Waals surface area contributed by atoms with E-state index >= 15 is 0 Å². The maximum atomic E-state index is 11.3. The van der Waals surface area contributed by atoms with Gasteiger partial charge in [-0.3, -0.25) is 0 Å². The summed E-state index contributed by atoms with van der Waals surface area (Å²) in [7, 11) is -15.4. The van der Waals surface area contributed by atoms with Gasteiger partial charge in [-0.25, -0.2) is 25.3 Å². The van der Waals surface area contributed by atoms with Gasteiger partial charge in [0.15, 0.2) is 0 Å². The topological polar surface area (TPSA) is 196 Å². The number of hydrogen-bond donors (Lipinski definition) is 0. The molecule has 0 saturated heterocycles. The van der Waals surface area contributed by atoms with Crippen LogP contribution in [0.1, 0.15) is 0 Å². The Morgan fingerprint density at radius 3 is 1.67 bits per heavy atom. The van der Waals surface area contributed by atoms with Crippen LogP contribution in [0.15, 0.2) is 49.8 Å². The molecule has 0 aliphatic carbocycles. The monoisotopic (exact) mass is 462 g/mol. The molecule has 0 bridgehead atoms. The third kappa shape index (κ3) is 7.99. The first-order valence-electron chi connectivity index (χ1n) is 5.67. The Balaban J connectivity index is 0. The second-order valence-electron chi connectivity index (χ2n) is 4.28. The van der Waals surface area contributed by atoms with E-state index in [2.05, 4.69) is 9.63 Å². The fraction of sp³-hybridized carbons (Fsp3) is 0. The van der Waals surface area contributed by atoms with Crippen molar-refractivity contribution in [3.8, 4) is 0 Å². The second-order valence-corrected chi connectivity index (χ2v) is 7.99. The molecule has 0 amide bonds. The molecule has 27 heavy (non-hydrogen) atoms. The van der Waals surface area contributed by atoms with E-state index in [1.165, 1.54) is 0 Å². The van der Waals surface area contributed by atoms with Crippen molar-refractivity contribution in [1.29, 1.82) is 0 Å². The molecule has 0 spiro atoms. The summed E-state index contributed by atoms with van der Waals surface area (Å²) in [5.41, 5.74) is -0.591. The molecule has 0 fully saturated rings. The van der Waals surface area contributed by atoms with Crippen LogP contribution in [0.3, 0.4) is 0 Å². The summed E-state index contributed by atoms with van der Waals surface area (Å²) in [5, 5.41) is 1.90. The molecule has 0 N–H and O–H groups in total. The predicted octanol–water partition coefficient (Wildman–Crippen LogP) is -8.80. The van der Waals surface area contributed by atoms with Crippen molar-refractivity contribution < 1.29 is 128 Å². The fourth-order valence-electron chi connectivity index (χ4n) is 1.93. The Hall–Kier alpha value is 1.03. The maximum absolute atomic E-state index is 11.3. The Morgan fingerprint density at radius 2 is 1.22 bits per heavy atom. The zero-order valence-corrected chi connectivity index (χ0v) is 22.6. The number of rotatable bonds is 4. The van der Waals surface area contributed by atoms with Crippen molar-refractivity contribution >= 4 is 47.0 Å². The van der Waals surface area contributed by atoms with Crippen molar-refractivity contribution in [3.05, 3.63) is 30.3 Å². The van der Waals surface area contributed by atoms with Gasteiger partial charge in [-0.1, -0.05) is 16.7 Å². The third-order valence-corrected chi connectivity index (χ3v) is 4.78. The van der Waals surface area contributed by atoms with Crippen molar-refractivity contribution in [3.63, 3.8) is 0 Å². The van der Waals surface area contributed by atoms with Gasteiger partial charge in [0, 0.05) is 10.8 Å². The van der Waals surface area contributed by atoms with Crippen LogP contribution in [0.25, 0.3) is 10.8 Å². The minimum absolute atomic E-state index is 0. The number of fused-ring (bicyclic) bond motifs is 1. The summed E-state index contributed by atoms with van der Waals surface area (Å²) in [5.74, 6) is 0. The molecular weight excluding hydrogens is 457 g/mol. The Bertz CT molecular complexity index is 1180. The number of nitrogens with zero attached hydrogens (tertiary/aromatic N) is 2. The molecule has 0 saturated carbocycles. The van der Waals surface area contributed by atoms with Crippen molar-refractivity contribution in [2.45, 2.75) is 9.79 Å². The van der Waals surface area contributed by atoms with Crippen LogP contribution < -0.4 is 88.7 Å². The molecule has 11 nitrogen and oxygen atoms in total. The maximum Gasteiger partial charge on any atom is 1.00 e. The van der Waals surface area contributed by atoms with E-state index in [0.717, 1.165) is 30.3 Å². The summed E-state index contributed by atoms with van der Waals surface area (Å²) in [6, 6.07) is 4.29. The fourth-order valence-corrected chi connectivity index (χ4v) is 3.50. The largest absolute Gasteiger partial charge is 1.00 e. The van der Waals surface area contributed by atoms with Crippen LogP contribution in [0.2, 0.25) is 0 Å². The van der Waals surface area contributed by atoms with Crippen molar-refractivity contribution in [2.75, 3.05) is 0 Å². The van der Waals surface area contributed by atoms with Gasteiger partial charge in [-0.05, 0) is 18.2 Å². The van der Waals surface area contributed by atoms with Crippen molar-refractivity contribution in [2.24, 2.45) is 9.63 Å². The zero-order chi connectivity index (χ0) is 18.3. The minimum atomic E-state index is -5.18. The van der Waals surface area contributed by atoms with Gasteiger partial charge in [0.05, 0.1) is 15.5 Å². The molecule has 130 valence electrons. The molecule has 0 heterocycles. The molecule has 0 aromatic heterocycles. The molecule has 2 aromatic rings. The van der Waals surface area contributed by atoms with Gasteiger partial charge in [-0.15, -0.1) is 5.11 Å².